The van der Waals surface area contributed by atoms with Crippen molar-refractivity contribution in [3.05, 3.63) is 60.0 Å². The maximum Gasteiger partial charge on any atom is 0.328 e. The number of rotatable bonds is 2. The molecule has 3 aromatic heterocycles. The summed E-state index contributed by atoms with van der Waals surface area (Å²) in [6, 6.07) is 10.8. The van der Waals surface area contributed by atoms with Gasteiger partial charge in [0.15, 0.2) is 5.82 Å². The molecule has 0 bridgehead atoms. The highest BCUT2D eigenvalue weighted by molar-refractivity contribution is 6.30. The average Bonchev–Trinajstić information content (AvgIpc) is 2.84. The predicted octanol–water partition coefficient (Wildman–Crippen LogP) is 4.46. The Kier molecular flexibility index (Phi) is 5.31. The SMILES string of the molecule is C[C@@H]1CCN(C)c2ccc(-c3cncc(Cl)c3)nc2N1C(=O)Nc1ccccn1. The summed E-state index contributed by atoms with van der Waals surface area (Å²) in [5, 5.41) is 3.41. The fourth-order valence-corrected chi connectivity index (χ4v) is 3.54. The van der Waals surface area contributed by atoms with Gasteiger partial charge >= 0.3 is 6.03 Å². The van der Waals surface area contributed by atoms with Crippen LogP contribution in [0.3, 0.4) is 0 Å². The van der Waals surface area contributed by atoms with E-state index in [-0.39, 0.29) is 12.1 Å². The molecule has 29 heavy (non-hydrogen) atoms. The van der Waals surface area contributed by atoms with Crippen molar-refractivity contribution in [2.45, 2.75) is 19.4 Å². The van der Waals surface area contributed by atoms with Crippen LogP contribution in [0.2, 0.25) is 5.02 Å². The van der Waals surface area contributed by atoms with Crippen molar-refractivity contribution < 1.29 is 4.79 Å². The van der Waals surface area contributed by atoms with E-state index < -0.39 is 0 Å². The summed E-state index contributed by atoms with van der Waals surface area (Å²) in [4.78, 5) is 30.2. The van der Waals surface area contributed by atoms with Gasteiger partial charge in [0, 0.05) is 43.8 Å². The molecule has 7 nitrogen and oxygen atoms in total. The second kappa shape index (κ2) is 8.05. The van der Waals surface area contributed by atoms with E-state index >= 15 is 0 Å². The summed E-state index contributed by atoms with van der Waals surface area (Å²) in [5.74, 6) is 1.10. The molecule has 0 saturated heterocycles. The van der Waals surface area contributed by atoms with Crippen LogP contribution < -0.4 is 15.1 Å². The molecule has 0 saturated carbocycles. The third kappa shape index (κ3) is 4.00. The van der Waals surface area contributed by atoms with E-state index in [4.69, 9.17) is 16.6 Å². The number of halogens is 1. The van der Waals surface area contributed by atoms with Gasteiger partial charge in [0.1, 0.15) is 5.82 Å². The van der Waals surface area contributed by atoms with E-state index in [2.05, 4.69) is 20.2 Å². The molecule has 1 aliphatic heterocycles. The fraction of sp³-hybridized carbons (Fsp3) is 0.238. The van der Waals surface area contributed by atoms with Crippen LogP contribution in [-0.4, -0.2) is 40.6 Å². The highest BCUT2D eigenvalue weighted by atomic mass is 35.5. The molecule has 4 heterocycles. The van der Waals surface area contributed by atoms with E-state index in [9.17, 15) is 4.79 Å². The van der Waals surface area contributed by atoms with Crippen molar-refractivity contribution in [3.8, 4) is 11.3 Å². The number of carbonyl (C=O) groups excluding carboxylic acids is 1. The number of pyridine rings is 3. The fourth-order valence-electron chi connectivity index (χ4n) is 3.37. The van der Waals surface area contributed by atoms with Crippen molar-refractivity contribution in [2.75, 3.05) is 28.7 Å². The van der Waals surface area contributed by atoms with Crippen LogP contribution in [0, 0.1) is 0 Å². The average molecular weight is 409 g/mol. The lowest BCUT2D eigenvalue weighted by Crippen LogP contribution is -2.42. The lowest BCUT2D eigenvalue weighted by molar-refractivity contribution is 0.255. The standard InChI is InChI=1S/C21H21ClN6O/c1-14-8-10-27(2)18-7-6-17(15-11-16(22)13-23-12-15)25-20(18)28(14)21(29)26-19-5-3-4-9-24-19/h3-7,9,11-14H,8,10H2,1-2H3,(H,24,26,29)/t14-/m1/s1. The maximum absolute atomic E-state index is 13.2. The molecule has 0 aromatic carbocycles. The summed E-state index contributed by atoms with van der Waals surface area (Å²) in [6.07, 6.45) is 5.75. The molecular weight excluding hydrogens is 388 g/mol. The number of nitrogens with one attached hydrogen (secondary N) is 1. The van der Waals surface area contributed by atoms with Gasteiger partial charge in [-0.2, -0.15) is 0 Å². The zero-order valence-corrected chi connectivity index (χ0v) is 17.0. The number of urea groups is 1. The molecule has 4 rings (SSSR count). The molecule has 0 unspecified atom stereocenters. The van der Waals surface area contributed by atoms with Gasteiger partial charge < -0.3 is 4.90 Å². The van der Waals surface area contributed by atoms with E-state index in [0.29, 0.717) is 22.4 Å². The van der Waals surface area contributed by atoms with E-state index in [0.717, 1.165) is 24.2 Å². The highest BCUT2D eigenvalue weighted by Crippen LogP contribution is 2.35. The van der Waals surface area contributed by atoms with Crippen LogP contribution in [0.5, 0.6) is 0 Å². The third-order valence-corrected chi connectivity index (χ3v) is 5.14. The second-order valence-electron chi connectivity index (χ2n) is 7.01. The quantitative estimate of drug-likeness (QED) is 0.677. The molecular formula is C21H21ClN6O. The van der Waals surface area contributed by atoms with Gasteiger partial charge in [0.25, 0.3) is 0 Å². The number of anilines is 3. The Balaban J connectivity index is 1.76. The summed E-state index contributed by atoms with van der Waals surface area (Å²) < 4.78 is 0. The van der Waals surface area contributed by atoms with E-state index in [1.807, 2.05) is 38.2 Å². The molecule has 1 atom stereocenters. The minimum Gasteiger partial charge on any atom is -0.372 e. The molecule has 148 valence electrons. The second-order valence-corrected chi connectivity index (χ2v) is 7.44. The summed E-state index contributed by atoms with van der Waals surface area (Å²) >= 11 is 6.10. The summed E-state index contributed by atoms with van der Waals surface area (Å²) in [7, 11) is 2.01. The Hall–Kier alpha value is -3.19. The van der Waals surface area contributed by atoms with Crippen LogP contribution in [0.1, 0.15) is 13.3 Å². The Morgan fingerprint density at radius 2 is 2.10 bits per heavy atom. The van der Waals surface area contributed by atoms with Gasteiger partial charge in [0.2, 0.25) is 0 Å². The monoisotopic (exact) mass is 408 g/mol. The number of hydrogen-bond acceptors (Lipinski definition) is 5. The van der Waals surface area contributed by atoms with Gasteiger partial charge in [-0.1, -0.05) is 17.7 Å². The van der Waals surface area contributed by atoms with Crippen molar-refractivity contribution in [3.63, 3.8) is 0 Å². The molecule has 8 heteroatoms. The van der Waals surface area contributed by atoms with Crippen molar-refractivity contribution >= 4 is 35.0 Å². The molecule has 0 spiro atoms. The molecule has 1 N–H and O–H groups in total. The van der Waals surface area contributed by atoms with Crippen LogP contribution in [0.4, 0.5) is 22.1 Å². The largest absolute Gasteiger partial charge is 0.372 e. The van der Waals surface area contributed by atoms with Crippen molar-refractivity contribution in [1.29, 1.82) is 0 Å². The smallest absolute Gasteiger partial charge is 0.328 e. The van der Waals surface area contributed by atoms with Gasteiger partial charge in [-0.05, 0) is 43.7 Å². The number of amides is 2. The molecule has 0 fully saturated rings. The molecule has 3 aromatic rings. The summed E-state index contributed by atoms with van der Waals surface area (Å²) in [5.41, 5.74) is 2.39. The molecule has 1 aliphatic rings. The minimum absolute atomic E-state index is 0.0392. The van der Waals surface area contributed by atoms with Crippen molar-refractivity contribution in [2.24, 2.45) is 0 Å². The lowest BCUT2D eigenvalue weighted by atomic mass is 10.1. The molecule has 0 aliphatic carbocycles. The van der Waals surface area contributed by atoms with Crippen LogP contribution >= 0.6 is 11.6 Å². The normalized spacial score (nSPS) is 16.2. The predicted molar refractivity (Wildman–Crippen MR) is 116 cm³/mol. The topological polar surface area (TPSA) is 74.2 Å². The first-order valence-corrected chi connectivity index (χ1v) is 9.75. The number of aromatic nitrogens is 3. The van der Waals surface area contributed by atoms with Crippen LogP contribution in [0.25, 0.3) is 11.3 Å². The van der Waals surface area contributed by atoms with Gasteiger partial charge in [-0.3, -0.25) is 15.2 Å². The van der Waals surface area contributed by atoms with Gasteiger partial charge in [-0.15, -0.1) is 0 Å². The first-order valence-electron chi connectivity index (χ1n) is 9.37. The first-order chi connectivity index (χ1) is 14.0. The lowest BCUT2D eigenvalue weighted by Gasteiger charge is -2.27. The van der Waals surface area contributed by atoms with Crippen LogP contribution in [-0.2, 0) is 0 Å². The maximum atomic E-state index is 13.2. The Labute approximate surface area is 174 Å². The number of carbonyl (C=O) groups is 1. The number of hydrogen-bond donors (Lipinski definition) is 1. The molecule has 2 amide bonds. The zero-order chi connectivity index (χ0) is 20.4. The molecule has 0 radical (unpaired) electrons. The van der Waals surface area contributed by atoms with Gasteiger partial charge in [-0.25, -0.2) is 14.8 Å². The zero-order valence-electron chi connectivity index (χ0n) is 16.2. The Bertz CT molecular complexity index is 1030. The summed E-state index contributed by atoms with van der Waals surface area (Å²) in [6.45, 7) is 2.84. The van der Waals surface area contributed by atoms with E-state index in [1.54, 1.807) is 35.6 Å². The van der Waals surface area contributed by atoms with Gasteiger partial charge in [0.05, 0.1) is 16.4 Å². The van der Waals surface area contributed by atoms with Crippen LogP contribution in [0.15, 0.2) is 55.0 Å². The number of nitrogens with zero attached hydrogens (tertiary/aromatic N) is 5. The number of fused-ring (bicyclic) bond motifs is 1. The Morgan fingerprint density at radius 1 is 1.24 bits per heavy atom. The Morgan fingerprint density at radius 3 is 2.86 bits per heavy atom. The highest BCUT2D eigenvalue weighted by Gasteiger charge is 2.30. The van der Waals surface area contributed by atoms with E-state index in [1.165, 1.54) is 0 Å². The first kappa shape index (κ1) is 19.1. The minimum atomic E-state index is -0.262. The van der Waals surface area contributed by atoms with Crippen molar-refractivity contribution in [1.82, 2.24) is 15.0 Å². The third-order valence-electron chi connectivity index (χ3n) is 4.94.